The second-order valence-corrected chi connectivity index (χ2v) is 13.3. The van der Waals surface area contributed by atoms with Crippen LogP contribution in [0.1, 0.15) is 59.3 Å². The molecule has 0 bridgehead atoms. The molecule has 240 valence electrons. The fourth-order valence-electron chi connectivity index (χ4n) is 3.05. The molecule has 0 aromatic carbocycles. The Labute approximate surface area is 250 Å². The fraction of sp³-hybridized carbons (Fsp3) is 0.667. The molecule has 2 heterocycles. The Morgan fingerprint density at radius 2 is 1.12 bits per heavy atom. The lowest BCUT2D eigenvalue weighted by molar-refractivity contribution is -0.197. The largest absolute Gasteiger partial charge is 0.334 e. The number of rotatable bonds is 14. The summed E-state index contributed by atoms with van der Waals surface area (Å²) in [6.45, 7) is 13.2. The molecule has 0 spiro atoms. The van der Waals surface area contributed by atoms with Gasteiger partial charge in [-0.2, -0.15) is 0 Å². The van der Waals surface area contributed by atoms with Gasteiger partial charge >= 0.3 is 11.9 Å². The van der Waals surface area contributed by atoms with E-state index in [0.717, 1.165) is 5.41 Å². The van der Waals surface area contributed by atoms with Crippen LogP contribution in [0.4, 0.5) is 0 Å². The van der Waals surface area contributed by atoms with Crippen molar-refractivity contribution in [2.24, 2.45) is 0 Å². The van der Waals surface area contributed by atoms with Crippen LogP contribution < -0.4 is 0 Å². The zero-order valence-electron chi connectivity index (χ0n) is 23.9. The van der Waals surface area contributed by atoms with E-state index in [1.165, 1.54) is 19.6 Å². The molecule has 2 rings (SSSR count). The Morgan fingerprint density at radius 1 is 0.762 bits per heavy atom. The first-order valence-electron chi connectivity index (χ1n) is 13.0. The maximum Gasteiger partial charge on any atom is 0.334 e. The maximum atomic E-state index is 11.3. The predicted octanol–water partition coefficient (Wildman–Crippen LogP) is 0.527. The van der Waals surface area contributed by atoms with Crippen molar-refractivity contribution in [1.82, 2.24) is 15.0 Å². The lowest BCUT2D eigenvalue weighted by Crippen LogP contribution is -2.32. The minimum Gasteiger partial charge on any atom is -0.330 e. The number of carbonyl (C=O) groups excluding carboxylic acids is 6. The molecule has 0 N–H and O–H groups in total. The Kier molecular flexibility index (Phi) is 18.0. The van der Waals surface area contributed by atoms with Crippen LogP contribution in [-0.4, -0.2) is 110 Å². The van der Waals surface area contributed by atoms with Gasteiger partial charge in [0.15, 0.2) is 19.7 Å². The molecule has 2 aliphatic rings. The molecule has 0 saturated carbocycles. The summed E-state index contributed by atoms with van der Waals surface area (Å²) >= 11 is 5.28. The van der Waals surface area contributed by atoms with Crippen molar-refractivity contribution in [1.29, 1.82) is 0 Å². The van der Waals surface area contributed by atoms with E-state index >= 15 is 0 Å². The number of hydroxylamine groups is 4. The van der Waals surface area contributed by atoms with Crippen molar-refractivity contribution in [3.8, 4) is 0 Å². The standard InChI is InChI=1S/C9H12ClNO6S.C9H11NO6S.C6H15N/c10-4-6-18(15,16)5-3-9(14)17-11-7(12)1-2-8(11)13;1-2-17(14,15)6-5-9(13)16-10-7(11)3-4-8(10)12;1-4-7(5-2)6-3/h1-6H2;2H,1,3-6H2;4-6H2,1-3H3. The SMILES string of the molecule is C=CS(=O)(=O)CCC(=O)ON1C(=O)CCC1=O.CCN(CC)CC.O=C(CCS(=O)(=O)CCCl)ON1C(=O)CCC1=O. The number of carbonyl (C=O) groups is 6. The number of hydrogen-bond acceptors (Lipinski definition) is 13. The van der Waals surface area contributed by atoms with Crippen LogP contribution in [0.3, 0.4) is 0 Å². The average Bonchev–Trinajstić information content (AvgIpc) is 3.43. The molecule has 0 aliphatic carbocycles. The number of alkyl halides is 1. The zero-order valence-corrected chi connectivity index (χ0v) is 26.3. The van der Waals surface area contributed by atoms with Crippen molar-refractivity contribution in [2.45, 2.75) is 59.3 Å². The van der Waals surface area contributed by atoms with Gasteiger partial charge in [0.2, 0.25) is 0 Å². The summed E-state index contributed by atoms with van der Waals surface area (Å²) in [4.78, 5) is 78.2. The smallest absolute Gasteiger partial charge is 0.330 e. The summed E-state index contributed by atoms with van der Waals surface area (Å²) in [6, 6.07) is 0. The summed E-state index contributed by atoms with van der Waals surface area (Å²) < 4.78 is 44.5. The molecule has 2 saturated heterocycles. The van der Waals surface area contributed by atoms with Gasteiger partial charge in [0.25, 0.3) is 23.6 Å². The fourth-order valence-corrected chi connectivity index (χ4v) is 5.29. The zero-order chi connectivity index (χ0) is 32.5. The quantitative estimate of drug-likeness (QED) is 0.185. The maximum absolute atomic E-state index is 11.3. The Bertz CT molecular complexity index is 1160. The summed E-state index contributed by atoms with van der Waals surface area (Å²) in [5.41, 5.74) is 0. The summed E-state index contributed by atoms with van der Waals surface area (Å²) in [5.74, 6) is -5.46. The number of sulfone groups is 2. The van der Waals surface area contributed by atoms with E-state index in [1.54, 1.807) is 0 Å². The Morgan fingerprint density at radius 3 is 1.40 bits per heavy atom. The number of imide groups is 2. The van der Waals surface area contributed by atoms with E-state index < -0.39 is 79.6 Å². The minimum absolute atomic E-state index is 0.00291. The molecule has 18 heteroatoms. The molecule has 2 aliphatic heterocycles. The highest BCUT2D eigenvalue weighted by Crippen LogP contribution is 2.14. The third-order valence-electron chi connectivity index (χ3n) is 5.59. The van der Waals surface area contributed by atoms with Crippen molar-refractivity contribution >= 4 is 66.8 Å². The second kappa shape index (κ2) is 19.3. The van der Waals surface area contributed by atoms with E-state index in [-0.39, 0.29) is 37.3 Å². The predicted molar refractivity (Wildman–Crippen MR) is 150 cm³/mol. The third-order valence-corrected chi connectivity index (χ3v) is 8.94. The highest BCUT2D eigenvalue weighted by Gasteiger charge is 2.34. The average molecular weight is 660 g/mol. The van der Waals surface area contributed by atoms with Crippen LogP contribution in [0.15, 0.2) is 12.0 Å². The number of halogens is 1. The molecule has 0 unspecified atom stereocenters. The molecule has 0 aromatic heterocycles. The first-order chi connectivity index (χ1) is 19.6. The highest BCUT2D eigenvalue weighted by molar-refractivity contribution is 7.94. The van der Waals surface area contributed by atoms with Crippen LogP contribution in [0.25, 0.3) is 0 Å². The first kappa shape index (κ1) is 39.1. The van der Waals surface area contributed by atoms with E-state index in [0.29, 0.717) is 10.1 Å². The molecule has 2 fully saturated rings. The molecule has 4 amide bonds. The van der Waals surface area contributed by atoms with Crippen molar-refractivity contribution in [3.63, 3.8) is 0 Å². The van der Waals surface area contributed by atoms with Gasteiger partial charge in [-0.05, 0) is 19.6 Å². The van der Waals surface area contributed by atoms with Gasteiger partial charge in [-0.1, -0.05) is 27.4 Å². The summed E-state index contributed by atoms with van der Waals surface area (Å²) in [7, 11) is -6.91. The van der Waals surface area contributed by atoms with Gasteiger partial charge < -0.3 is 14.6 Å². The Balaban J connectivity index is 0.000000657. The normalized spacial score (nSPS) is 15.2. The van der Waals surface area contributed by atoms with Crippen molar-refractivity contribution in [3.05, 3.63) is 12.0 Å². The van der Waals surface area contributed by atoms with Gasteiger partial charge in [-0.25, -0.2) is 26.4 Å². The molecule has 0 atom stereocenters. The number of amides is 4. The second-order valence-electron chi connectivity index (χ2n) is 8.58. The molecule has 0 aromatic rings. The van der Waals surface area contributed by atoms with Crippen LogP contribution in [-0.2, 0) is 58.1 Å². The topological polar surface area (TPSA) is 199 Å². The summed E-state index contributed by atoms with van der Waals surface area (Å²) in [5, 5.41) is 1.49. The van der Waals surface area contributed by atoms with Crippen LogP contribution >= 0.6 is 11.6 Å². The molecular weight excluding hydrogens is 622 g/mol. The van der Waals surface area contributed by atoms with Gasteiger partial charge in [0.1, 0.15) is 0 Å². The van der Waals surface area contributed by atoms with Gasteiger partial charge in [0, 0.05) is 37.0 Å². The van der Waals surface area contributed by atoms with Gasteiger partial charge in [-0.15, -0.1) is 21.7 Å². The van der Waals surface area contributed by atoms with Crippen molar-refractivity contribution in [2.75, 3.05) is 42.8 Å². The Hall–Kier alpha value is -2.89. The third kappa shape index (κ3) is 15.4. The van der Waals surface area contributed by atoms with E-state index in [4.69, 9.17) is 11.6 Å². The first-order valence-corrected chi connectivity index (χ1v) is 17.1. The van der Waals surface area contributed by atoms with E-state index in [9.17, 15) is 45.6 Å². The summed E-state index contributed by atoms with van der Waals surface area (Å²) in [6.07, 6.45) is -0.872. The van der Waals surface area contributed by atoms with Crippen molar-refractivity contribution < 1.29 is 55.3 Å². The number of hydrogen-bond donors (Lipinski definition) is 0. The van der Waals surface area contributed by atoms with Crippen LogP contribution in [0.5, 0.6) is 0 Å². The molecule has 42 heavy (non-hydrogen) atoms. The molecular formula is C24H38ClN3O12S2. The number of nitrogens with zero attached hydrogens (tertiary/aromatic N) is 3. The molecule has 0 radical (unpaired) electrons. The van der Waals surface area contributed by atoms with Gasteiger partial charge in [0.05, 0.1) is 30.1 Å². The van der Waals surface area contributed by atoms with E-state index in [2.05, 4.69) is 41.9 Å². The van der Waals surface area contributed by atoms with E-state index in [1.807, 2.05) is 0 Å². The monoisotopic (exact) mass is 659 g/mol. The lowest BCUT2D eigenvalue weighted by Gasteiger charge is -2.13. The minimum atomic E-state index is -3.50. The van der Waals surface area contributed by atoms with Crippen LogP contribution in [0.2, 0.25) is 0 Å². The van der Waals surface area contributed by atoms with Gasteiger partial charge in [-0.3, -0.25) is 19.2 Å². The highest BCUT2D eigenvalue weighted by atomic mass is 35.5. The lowest BCUT2D eigenvalue weighted by atomic mass is 10.4. The molecule has 15 nitrogen and oxygen atoms in total. The van der Waals surface area contributed by atoms with Crippen LogP contribution in [0, 0.1) is 0 Å².